The van der Waals surface area contributed by atoms with E-state index in [2.05, 4.69) is 10.6 Å². The number of benzene rings is 2. The average molecular weight is 326 g/mol. The minimum absolute atomic E-state index is 0.0229. The summed E-state index contributed by atoms with van der Waals surface area (Å²) in [6.07, 6.45) is 0.0793. The molecule has 0 fully saturated rings. The third kappa shape index (κ3) is 4.84. The van der Waals surface area contributed by atoms with Gasteiger partial charge in [-0.15, -0.1) is 0 Å². The predicted molar refractivity (Wildman–Crippen MR) is 93.8 cm³/mol. The lowest BCUT2D eigenvalue weighted by Gasteiger charge is -2.18. The van der Waals surface area contributed by atoms with Gasteiger partial charge in [0.1, 0.15) is 5.75 Å². The highest BCUT2D eigenvalue weighted by atomic mass is 16.3. The van der Waals surface area contributed by atoms with Gasteiger partial charge >= 0.3 is 0 Å². The summed E-state index contributed by atoms with van der Waals surface area (Å²) in [7, 11) is 0. The molecule has 0 aliphatic rings. The Morgan fingerprint density at radius 1 is 1.04 bits per heavy atom. The van der Waals surface area contributed by atoms with E-state index in [4.69, 9.17) is 0 Å². The van der Waals surface area contributed by atoms with Crippen LogP contribution in [0, 0.1) is 13.8 Å². The second-order valence-corrected chi connectivity index (χ2v) is 5.94. The van der Waals surface area contributed by atoms with Crippen molar-refractivity contribution in [2.24, 2.45) is 0 Å². The molecule has 2 rings (SSSR count). The Labute approximate surface area is 141 Å². The third-order valence-corrected chi connectivity index (χ3v) is 3.67. The summed E-state index contributed by atoms with van der Waals surface area (Å²) in [6, 6.07) is 12.3. The Morgan fingerprint density at radius 2 is 1.67 bits per heavy atom. The molecule has 5 heteroatoms. The first kappa shape index (κ1) is 17.5. The molecule has 2 aromatic carbocycles. The molecule has 0 heterocycles. The summed E-state index contributed by atoms with van der Waals surface area (Å²) in [5.74, 6) is -0.463. The maximum absolute atomic E-state index is 12.3. The van der Waals surface area contributed by atoms with Gasteiger partial charge in [0.2, 0.25) is 11.8 Å². The molecule has 0 radical (unpaired) electrons. The van der Waals surface area contributed by atoms with E-state index < -0.39 is 6.04 Å². The number of amides is 2. The van der Waals surface area contributed by atoms with Gasteiger partial charge in [0.25, 0.3) is 0 Å². The Bertz CT molecular complexity index is 739. The molecule has 0 saturated heterocycles. The van der Waals surface area contributed by atoms with E-state index in [1.54, 1.807) is 18.2 Å². The van der Waals surface area contributed by atoms with Gasteiger partial charge in [-0.05, 0) is 37.1 Å². The standard InChI is InChI=1S/C19H22N2O3/c1-12-4-7-15(8-5-12)17(20-14(3)22)11-19(24)21-16-9-6-13(2)10-18(16)23/h4-10,17,23H,11H2,1-3H3,(H,20,22)(H,21,24). The molecule has 0 saturated carbocycles. The number of carbonyl (C=O) groups excluding carboxylic acids is 2. The Kier molecular flexibility index (Phi) is 5.58. The van der Waals surface area contributed by atoms with E-state index in [0.29, 0.717) is 5.69 Å². The van der Waals surface area contributed by atoms with Crippen LogP contribution in [0.5, 0.6) is 5.75 Å². The first-order valence-electron chi connectivity index (χ1n) is 7.78. The normalized spacial score (nSPS) is 11.6. The molecule has 0 bridgehead atoms. The van der Waals surface area contributed by atoms with E-state index >= 15 is 0 Å². The van der Waals surface area contributed by atoms with Crippen molar-refractivity contribution in [3.8, 4) is 5.75 Å². The second kappa shape index (κ2) is 7.64. The van der Waals surface area contributed by atoms with Gasteiger partial charge in [-0.1, -0.05) is 35.9 Å². The van der Waals surface area contributed by atoms with Crippen LogP contribution in [0.25, 0.3) is 0 Å². The lowest BCUT2D eigenvalue weighted by Crippen LogP contribution is -2.29. The topological polar surface area (TPSA) is 78.4 Å². The summed E-state index contributed by atoms with van der Waals surface area (Å²) in [5, 5.41) is 15.4. The predicted octanol–water partition coefficient (Wildman–Crippen LogP) is 3.22. The van der Waals surface area contributed by atoms with Gasteiger partial charge in [0, 0.05) is 6.92 Å². The maximum atomic E-state index is 12.3. The zero-order valence-corrected chi connectivity index (χ0v) is 14.1. The van der Waals surface area contributed by atoms with Crippen molar-refractivity contribution >= 4 is 17.5 Å². The maximum Gasteiger partial charge on any atom is 0.226 e. The summed E-state index contributed by atoms with van der Waals surface area (Å²) < 4.78 is 0. The van der Waals surface area contributed by atoms with E-state index in [1.807, 2.05) is 38.1 Å². The molecule has 0 aromatic heterocycles. The number of anilines is 1. The summed E-state index contributed by atoms with van der Waals surface area (Å²) in [4.78, 5) is 23.8. The van der Waals surface area contributed by atoms with E-state index in [0.717, 1.165) is 16.7 Å². The smallest absolute Gasteiger partial charge is 0.226 e. The lowest BCUT2D eigenvalue weighted by molar-refractivity contribution is -0.120. The van der Waals surface area contributed by atoms with Crippen molar-refractivity contribution in [1.29, 1.82) is 0 Å². The Hall–Kier alpha value is -2.82. The highest BCUT2D eigenvalue weighted by Crippen LogP contribution is 2.25. The van der Waals surface area contributed by atoms with Crippen LogP contribution in [0.3, 0.4) is 0 Å². The van der Waals surface area contributed by atoms with Gasteiger partial charge < -0.3 is 15.7 Å². The second-order valence-electron chi connectivity index (χ2n) is 5.94. The van der Waals surface area contributed by atoms with Crippen molar-refractivity contribution in [3.05, 3.63) is 59.2 Å². The Balaban J connectivity index is 2.12. The van der Waals surface area contributed by atoms with Crippen LogP contribution in [-0.2, 0) is 9.59 Å². The fraction of sp³-hybridized carbons (Fsp3) is 0.263. The zero-order chi connectivity index (χ0) is 17.7. The average Bonchev–Trinajstić information content (AvgIpc) is 2.50. The lowest BCUT2D eigenvalue weighted by atomic mass is 10.0. The van der Waals surface area contributed by atoms with E-state index in [9.17, 15) is 14.7 Å². The summed E-state index contributed by atoms with van der Waals surface area (Å²) in [5.41, 5.74) is 3.23. The molecule has 2 amide bonds. The monoisotopic (exact) mass is 326 g/mol. The first-order chi connectivity index (χ1) is 11.3. The number of rotatable bonds is 5. The van der Waals surface area contributed by atoms with Gasteiger partial charge in [-0.25, -0.2) is 0 Å². The number of aromatic hydroxyl groups is 1. The number of hydrogen-bond donors (Lipinski definition) is 3. The first-order valence-corrected chi connectivity index (χ1v) is 7.78. The van der Waals surface area contributed by atoms with Crippen molar-refractivity contribution < 1.29 is 14.7 Å². The zero-order valence-electron chi connectivity index (χ0n) is 14.1. The third-order valence-electron chi connectivity index (χ3n) is 3.67. The van der Waals surface area contributed by atoms with Gasteiger partial charge in [-0.3, -0.25) is 9.59 Å². The van der Waals surface area contributed by atoms with E-state index in [1.165, 1.54) is 6.92 Å². The number of nitrogens with one attached hydrogen (secondary N) is 2. The van der Waals surface area contributed by atoms with Crippen molar-refractivity contribution in [2.75, 3.05) is 5.32 Å². The highest BCUT2D eigenvalue weighted by molar-refractivity contribution is 5.93. The molecule has 3 N–H and O–H groups in total. The molecule has 1 atom stereocenters. The van der Waals surface area contributed by atoms with Gasteiger partial charge in [-0.2, -0.15) is 0 Å². The number of aryl methyl sites for hydroxylation is 2. The molecule has 5 nitrogen and oxygen atoms in total. The van der Waals surface area contributed by atoms with Crippen LogP contribution in [0.15, 0.2) is 42.5 Å². The van der Waals surface area contributed by atoms with Crippen molar-refractivity contribution in [3.63, 3.8) is 0 Å². The Morgan fingerprint density at radius 3 is 2.25 bits per heavy atom. The SMILES string of the molecule is CC(=O)NC(CC(=O)Nc1ccc(C)cc1O)c1ccc(C)cc1. The fourth-order valence-corrected chi connectivity index (χ4v) is 2.43. The van der Waals surface area contributed by atoms with Crippen LogP contribution < -0.4 is 10.6 Å². The summed E-state index contributed by atoms with van der Waals surface area (Å²) >= 11 is 0. The highest BCUT2D eigenvalue weighted by Gasteiger charge is 2.18. The molecular weight excluding hydrogens is 304 g/mol. The van der Waals surface area contributed by atoms with Crippen LogP contribution in [0.4, 0.5) is 5.69 Å². The molecule has 0 aliphatic heterocycles. The minimum atomic E-state index is -0.421. The fourth-order valence-electron chi connectivity index (χ4n) is 2.43. The molecule has 2 aromatic rings. The molecule has 24 heavy (non-hydrogen) atoms. The number of phenolic OH excluding ortho intramolecular Hbond substituents is 1. The molecule has 0 spiro atoms. The van der Waals surface area contributed by atoms with Crippen molar-refractivity contribution in [2.45, 2.75) is 33.2 Å². The van der Waals surface area contributed by atoms with Crippen LogP contribution in [0.1, 0.15) is 36.1 Å². The minimum Gasteiger partial charge on any atom is -0.506 e. The molecule has 0 aliphatic carbocycles. The van der Waals surface area contributed by atoms with Crippen LogP contribution in [-0.4, -0.2) is 16.9 Å². The molecule has 1 unspecified atom stereocenters. The van der Waals surface area contributed by atoms with Gasteiger partial charge in [0.05, 0.1) is 18.2 Å². The van der Waals surface area contributed by atoms with Crippen LogP contribution >= 0.6 is 0 Å². The molecular formula is C19H22N2O3. The van der Waals surface area contributed by atoms with E-state index in [-0.39, 0.29) is 24.0 Å². The number of hydrogen-bond acceptors (Lipinski definition) is 3. The number of carbonyl (C=O) groups is 2. The summed E-state index contributed by atoms with van der Waals surface area (Å²) in [6.45, 7) is 5.25. The van der Waals surface area contributed by atoms with Crippen LogP contribution in [0.2, 0.25) is 0 Å². The largest absolute Gasteiger partial charge is 0.506 e. The quantitative estimate of drug-likeness (QED) is 0.738. The van der Waals surface area contributed by atoms with Gasteiger partial charge in [0.15, 0.2) is 0 Å². The van der Waals surface area contributed by atoms with Crippen molar-refractivity contribution in [1.82, 2.24) is 5.32 Å². The molecule has 126 valence electrons. The number of phenols is 1.